The summed E-state index contributed by atoms with van der Waals surface area (Å²) in [4.78, 5) is 11.4. The molecule has 0 aliphatic carbocycles. The van der Waals surface area contributed by atoms with Crippen molar-refractivity contribution < 1.29 is 18.2 Å². The van der Waals surface area contributed by atoms with E-state index in [2.05, 4.69) is 0 Å². The molecule has 4 nitrogen and oxygen atoms in total. The van der Waals surface area contributed by atoms with Gasteiger partial charge in [0.25, 0.3) is 0 Å². The van der Waals surface area contributed by atoms with Crippen LogP contribution in [-0.4, -0.2) is 35.2 Å². The molecule has 1 atom stereocenters. The Labute approximate surface area is 91.1 Å². The number of ether oxygens (including phenoxy) is 1. The Kier molecular flexibility index (Phi) is 5.28. The average molecular weight is 230 g/mol. The van der Waals surface area contributed by atoms with E-state index in [0.717, 1.165) is 0 Å². The molecule has 0 saturated carbocycles. The third-order valence-corrected chi connectivity index (χ3v) is 3.14. The third kappa shape index (κ3) is 4.40. The standard InChI is InChI=1S/C10H14O4S/c1-13-5-3-7-15(12)8-9(11)10-4-2-6-14-10/h2,4,6H,3,5,7-8H2,1H3. The molecule has 0 aromatic carbocycles. The molecular weight excluding hydrogens is 216 g/mol. The van der Waals surface area contributed by atoms with Gasteiger partial charge in [-0.3, -0.25) is 9.00 Å². The number of ketones is 1. The van der Waals surface area contributed by atoms with Crippen molar-refractivity contribution in [3.05, 3.63) is 24.2 Å². The Hall–Kier alpha value is -0.940. The second-order valence-corrected chi connectivity index (χ2v) is 4.61. The first-order valence-electron chi connectivity index (χ1n) is 4.64. The lowest BCUT2D eigenvalue weighted by Crippen LogP contribution is -2.13. The summed E-state index contributed by atoms with van der Waals surface area (Å²) < 4.78 is 21.2. The van der Waals surface area contributed by atoms with Crippen LogP contribution >= 0.6 is 0 Å². The van der Waals surface area contributed by atoms with Crippen LogP contribution < -0.4 is 0 Å². The van der Waals surface area contributed by atoms with Crippen molar-refractivity contribution >= 4 is 16.6 Å². The van der Waals surface area contributed by atoms with E-state index in [1.54, 1.807) is 19.2 Å². The van der Waals surface area contributed by atoms with Crippen molar-refractivity contribution in [2.45, 2.75) is 6.42 Å². The number of carbonyl (C=O) groups is 1. The van der Waals surface area contributed by atoms with Crippen molar-refractivity contribution in [2.75, 3.05) is 25.2 Å². The van der Waals surface area contributed by atoms with E-state index < -0.39 is 10.8 Å². The van der Waals surface area contributed by atoms with E-state index in [0.29, 0.717) is 18.8 Å². The molecule has 1 unspecified atom stereocenters. The number of rotatable bonds is 7. The molecule has 0 aliphatic rings. The molecule has 1 aromatic heterocycles. The normalized spacial score (nSPS) is 12.6. The summed E-state index contributed by atoms with van der Waals surface area (Å²) in [5.74, 6) is 0.572. The highest BCUT2D eigenvalue weighted by Crippen LogP contribution is 2.02. The minimum absolute atomic E-state index is 0.0250. The van der Waals surface area contributed by atoms with Crippen LogP contribution in [0.4, 0.5) is 0 Å². The number of Topliss-reactive ketones (excluding diaryl/α,β-unsaturated/α-hetero) is 1. The molecule has 1 aromatic rings. The molecule has 5 heteroatoms. The summed E-state index contributed by atoms with van der Waals surface area (Å²) in [7, 11) is 0.468. The Morgan fingerprint density at radius 3 is 3.00 bits per heavy atom. The molecule has 0 radical (unpaired) electrons. The highest BCUT2D eigenvalue weighted by atomic mass is 32.2. The topological polar surface area (TPSA) is 56.5 Å². The Morgan fingerprint density at radius 2 is 2.40 bits per heavy atom. The number of furan rings is 1. The molecule has 0 fully saturated rings. The fourth-order valence-electron chi connectivity index (χ4n) is 1.09. The second-order valence-electron chi connectivity index (χ2n) is 3.04. The maximum Gasteiger partial charge on any atom is 0.210 e. The second kappa shape index (κ2) is 6.53. The SMILES string of the molecule is COCCCS(=O)CC(=O)c1ccco1. The van der Waals surface area contributed by atoms with Crippen molar-refractivity contribution in [3.8, 4) is 0 Å². The van der Waals surface area contributed by atoms with Crippen LogP contribution in [0.1, 0.15) is 17.0 Å². The quantitative estimate of drug-likeness (QED) is 0.522. The van der Waals surface area contributed by atoms with Gasteiger partial charge >= 0.3 is 0 Å². The van der Waals surface area contributed by atoms with Gasteiger partial charge in [0.1, 0.15) is 0 Å². The van der Waals surface area contributed by atoms with Gasteiger partial charge in [-0.2, -0.15) is 0 Å². The molecule has 1 rings (SSSR count). The molecule has 1 heterocycles. The zero-order chi connectivity index (χ0) is 11.1. The smallest absolute Gasteiger partial charge is 0.210 e. The summed E-state index contributed by atoms with van der Waals surface area (Å²) in [5.41, 5.74) is 0. The van der Waals surface area contributed by atoms with Crippen molar-refractivity contribution in [2.24, 2.45) is 0 Å². The van der Waals surface area contributed by atoms with Crippen molar-refractivity contribution in [3.63, 3.8) is 0 Å². The minimum atomic E-state index is -1.13. The molecule has 0 aliphatic heterocycles. The van der Waals surface area contributed by atoms with Crippen LogP contribution in [0.5, 0.6) is 0 Å². The number of methoxy groups -OCH3 is 1. The van der Waals surface area contributed by atoms with Gasteiger partial charge in [0.05, 0.1) is 12.0 Å². The number of hydrogen-bond donors (Lipinski definition) is 0. The van der Waals surface area contributed by atoms with Crippen molar-refractivity contribution in [1.29, 1.82) is 0 Å². The predicted octanol–water partition coefficient (Wildman–Crippen LogP) is 1.25. The summed E-state index contributed by atoms with van der Waals surface area (Å²) in [6, 6.07) is 3.22. The number of carbonyl (C=O) groups excluding carboxylic acids is 1. The third-order valence-electron chi connectivity index (χ3n) is 1.81. The highest BCUT2D eigenvalue weighted by Gasteiger charge is 2.12. The molecule has 0 bridgehead atoms. The monoisotopic (exact) mass is 230 g/mol. The minimum Gasteiger partial charge on any atom is -0.461 e. The summed E-state index contributed by atoms with van der Waals surface area (Å²) in [6.45, 7) is 0.570. The van der Waals surface area contributed by atoms with E-state index in [4.69, 9.17) is 9.15 Å². The predicted molar refractivity (Wildman–Crippen MR) is 57.4 cm³/mol. The Morgan fingerprint density at radius 1 is 1.60 bits per heavy atom. The zero-order valence-corrected chi connectivity index (χ0v) is 9.42. The van der Waals surface area contributed by atoms with E-state index in [1.165, 1.54) is 6.26 Å². The van der Waals surface area contributed by atoms with Gasteiger partial charge in [-0.25, -0.2) is 0 Å². The molecule has 15 heavy (non-hydrogen) atoms. The lowest BCUT2D eigenvalue weighted by atomic mass is 10.3. The maximum absolute atomic E-state index is 11.4. The van der Waals surface area contributed by atoms with E-state index in [-0.39, 0.29) is 17.3 Å². The van der Waals surface area contributed by atoms with Gasteiger partial charge in [0, 0.05) is 30.3 Å². The zero-order valence-electron chi connectivity index (χ0n) is 8.60. The van der Waals surface area contributed by atoms with Gasteiger partial charge < -0.3 is 9.15 Å². The fraction of sp³-hybridized carbons (Fsp3) is 0.500. The van der Waals surface area contributed by atoms with Gasteiger partial charge in [0.15, 0.2) is 5.76 Å². The first-order valence-corrected chi connectivity index (χ1v) is 6.13. The van der Waals surface area contributed by atoms with Crippen LogP contribution in [0.15, 0.2) is 22.8 Å². The van der Waals surface area contributed by atoms with Crippen LogP contribution in [-0.2, 0) is 15.5 Å². The summed E-state index contributed by atoms with van der Waals surface area (Å²) >= 11 is 0. The van der Waals surface area contributed by atoms with Gasteiger partial charge in [-0.15, -0.1) is 0 Å². The summed E-state index contributed by atoms with van der Waals surface area (Å²) in [5, 5.41) is 0. The Bertz CT molecular complexity index is 318. The van der Waals surface area contributed by atoms with E-state index in [9.17, 15) is 9.00 Å². The largest absolute Gasteiger partial charge is 0.461 e. The first kappa shape index (κ1) is 12.1. The van der Waals surface area contributed by atoms with Crippen LogP contribution in [0.3, 0.4) is 0 Å². The molecule has 0 saturated heterocycles. The molecule has 0 amide bonds. The average Bonchev–Trinajstić information content (AvgIpc) is 2.70. The molecular formula is C10H14O4S. The molecule has 0 N–H and O–H groups in total. The highest BCUT2D eigenvalue weighted by molar-refractivity contribution is 7.85. The Balaban J connectivity index is 2.29. The van der Waals surface area contributed by atoms with E-state index in [1.807, 2.05) is 0 Å². The number of hydrogen-bond acceptors (Lipinski definition) is 4. The van der Waals surface area contributed by atoms with Gasteiger partial charge in [-0.1, -0.05) is 0 Å². The van der Waals surface area contributed by atoms with Crippen LogP contribution in [0.2, 0.25) is 0 Å². The molecule has 0 spiro atoms. The lowest BCUT2D eigenvalue weighted by molar-refractivity contribution is 0.0991. The van der Waals surface area contributed by atoms with Crippen LogP contribution in [0, 0.1) is 0 Å². The van der Waals surface area contributed by atoms with Gasteiger partial charge in [-0.05, 0) is 18.6 Å². The lowest BCUT2D eigenvalue weighted by Gasteiger charge is -1.99. The van der Waals surface area contributed by atoms with Crippen LogP contribution in [0.25, 0.3) is 0 Å². The van der Waals surface area contributed by atoms with E-state index >= 15 is 0 Å². The van der Waals surface area contributed by atoms with Crippen molar-refractivity contribution in [1.82, 2.24) is 0 Å². The fourth-order valence-corrected chi connectivity index (χ4v) is 2.11. The first-order chi connectivity index (χ1) is 7.24. The maximum atomic E-state index is 11.4. The molecule has 84 valence electrons. The summed E-state index contributed by atoms with van der Waals surface area (Å²) in [6.07, 6.45) is 2.13. The van der Waals surface area contributed by atoms with Gasteiger partial charge in [0.2, 0.25) is 5.78 Å².